The lowest BCUT2D eigenvalue weighted by atomic mass is 9.98. The van der Waals surface area contributed by atoms with Crippen LogP contribution in [0.1, 0.15) is 37.0 Å². The number of hydrogen-bond acceptors (Lipinski definition) is 3. The minimum absolute atomic E-state index is 0.0516. The SMILES string of the molecule is CCOc1cc2c(cc1OCC)CN(C(=O)CCc1ccccc1F)CC2. The average Bonchev–Trinajstić information content (AvgIpc) is 2.67. The van der Waals surface area contributed by atoms with Crippen molar-refractivity contribution in [2.24, 2.45) is 0 Å². The number of carbonyl (C=O) groups is 1. The van der Waals surface area contributed by atoms with E-state index in [9.17, 15) is 9.18 Å². The molecule has 1 aliphatic rings. The van der Waals surface area contributed by atoms with Gasteiger partial charge in [-0.05, 0) is 61.6 Å². The number of fused-ring (bicyclic) bond motifs is 1. The van der Waals surface area contributed by atoms with Crippen LogP contribution in [0.25, 0.3) is 0 Å². The summed E-state index contributed by atoms with van der Waals surface area (Å²) >= 11 is 0. The zero-order chi connectivity index (χ0) is 19.2. The fourth-order valence-corrected chi connectivity index (χ4v) is 3.41. The number of benzene rings is 2. The monoisotopic (exact) mass is 371 g/mol. The summed E-state index contributed by atoms with van der Waals surface area (Å²) in [5.74, 6) is 1.28. The highest BCUT2D eigenvalue weighted by Gasteiger charge is 2.23. The second-order valence-electron chi connectivity index (χ2n) is 6.59. The molecule has 4 nitrogen and oxygen atoms in total. The normalized spacial score (nSPS) is 13.2. The van der Waals surface area contributed by atoms with Gasteiger partial charge in [-0.2, -0.15) is 0 Å². The Bertz CT molecular complexity index is 806. The molecule has 3 rings (SSSR count). The Labute approximate surface area is 159 Å². The van der Waals surface area contributed by atoms with Crippen molar-refractivity contribution in [3.63, 3.8) is 0 Å². The Morgan fingerprint density at radius 2 is 1.74 bits per heavy atom. The maximum atomic E-state index is 13.7. The largest absolute Gasteiger partial charge is 0.490 e. The number of ether oxygens (including phenoxy) is 2. The molecule has 144 valence electrons. The summed E-state index contributed by atoms with van der Waals surface area (Å²) in [7, 11) is 0. The number of carbonyl (C=O) groups excluding carboxylic acids is 1. The van der Waals surface area contributed by atoms with E-state index in [2.05, 4.69) is 0 Å². The number of nitrogens with zero attached hydrogens (tertiary/aromatic N) is 1. The van der Waals surface area contributed by atoms with Gasteiger partial charge in [0.25, 0.3) is 0 Å². The first-order chi connectivity index (χ1) is 13.1. The van der Waals surface area contributed by atoms with Crippen LogP contribution in [0, 0.1) is 5.82 Å². The minimum atomic E-state index is -0.251. The highest BCUT2D eigenvalue weighted by Crippen LogP contribution is 2.34. The third-order valence-electron chi connectivity index (χ3n) is 4.80. The van der Waals surface area contributed by atoms with Crippen LogP contribution in [0.5, 0.6) is 11.5 Å². The van der Waals surface area contributed by atoms with E-state index in [1.807, 2.05) is 30.9 Å². The van der Waals surface area contributed by atoms with Crippen molar-refractivity contribution in [2.45, 2.75) is 39.7 Å². The number of halogens is 1. The molecule has 0 saturated heterocycles. The van der Waals surface area contributed by atoms with Crippen molar-refractivity contribution < 1.29 is 18.7 Å². The Balaban J connectivity index is 1.68. The highest BCUT2D eigenvalue weighted by molar-refractivity contribution is 5.77. The van der Waals surface area contributed by atoms with Gasteiger partial charge in [0.2, 0.25) is 5.91 Å². The quantitative estimate of drug-likeness (QED) is 0.734. The molecular formula is C22H26FNO3. The maximum Gasteiger partial charge on any atom is 0.223 e. The lowest BCUT2D eigenvalue weighted by molar-refractivity contribution is -0.132. The van der Waals surface area contributed by atoms with Crippen LogP contribution in [-0.2, 0) is 24.2 Å². The first kappa shape index (κ1) is 19.2. The molecule has 1 amide bonds. The topological polar surface area (TPSA) is 38.8 Å². The number of hydrogen-bond donors (Lipinski definition) is 0. The zero-order valence-electron chi connectivity index (χ0n) is 16.0. The standard InChI is InChI=1S/C22H26FNO3/c1-3-26-20-13-17-11-12-24(15-18(17)14-21(20)27-4-2)22(25)10-9-16-7-5-6-8-19(16)23/h5-8,13-14H,3-4,9-12,15H2,1-2H3. The highest BCUT2D eigenvalue weighted by atomic mass is 19.1. The van der Waals surface area contributed by atoms with Crippen LogP contribution in [0.4, 0.5) is 4.39 Å². The second-order valence-corrected chi connectivity index (χ2v) is 6.59. The molecule has 5 heteroatoms. The molecule has 0 radical (unpaired) electrons. The molecule has 2 aromatic carbocycles. The van der Waals surface area contributed by atoms with Gasteiger partial charge in [0.1, 0.15) is 5.82 Å². The maximum absolute atomic E-state index is 13.7. The third-order valence-corrected chi connectivity index (χ3v) is 4.80. The molecule has 0 saturated carbocycles. The van der Waals surface area contributed by atoms with Crippen molar-refractivity contribution in [3.05, 3.63) is 58.9 Å². The van der Waals surface area contributed by atoms with Crippen molar-refractivity contribution in [1.29, 1.82) is 0 Å². The molecule has 0 spiro atoms. The lowest BCUT2D eigenvalue weighted by Gasteiger charge is -2.30. The van der Waals surface area contributed by atoms with E-state index < -0.39 is 0 Å². The Morgan fingerprint density at radius 3 is 2.41 bits per heavy atom. The Hall–Kier alpha value is -2.56. The molecule has 2 aromatic rings. The summed E-state index contributed by atoms with van der Waals surface area (Å²) in [4.78, 5) is 14.5. The van der Waals surface area contributed by atoms with E-state index in [0.717, 1.165) is 23.5 Å². The number of aryl methyl sites for hydroxylation is 1. The predicted molar refractivity (Wildman–Crippen MR) is 103 cm³/mol. The fourth-order valence-electron chi connectivity index (χ4n) is 3.41. The molecule has 0 N–H and O–H groups in total. The van der Waals surface area contributed by atoms with Crippen molar-refractivity contribution in [2.75, 3.05) is 19.8 Å². The summed E-state index contributed by atoms with van der Waals surface area (Å²) in [5, 5.41) is 0. The van der Waals surface area contributed by atoms with Crippen molar-refractivity contribution >= 4 is 5.91 Å². The van der Waals surface area contributed by atoms with Crippen LogP contribution < -0.4 is 9.47 Å². The molecule has 27 heavy (non-hydrogen) atoms. The Kier molecular flexibility index (Phi) is 6.32. The zero-order valence-corrected chi connectivity index (χ0v) is 16.0. The molecule has 0 bridgehead atoms. The van der Waals surface area contributed by atoms with E-state index in [0.29, 0.717) is 44.7 Å². The molecular weight excluding hydrogens is 345 g/mol. The summed E-state index contributed by atoms with van der Waals surface area (Å²) in [6.45, 7) is 6.25. The van der Waals surface area contributed by atoms with Crippen molar-refractivity contribution in [1.82, 2.24) is 4.90 Å². The van der Waals surface area contributed by atoms with Gasteiger partial charge in [0.15, 0.2) is 11.5 Å². The van der Waals surface area contributed by atoms with Crippen LogP contribution in [-0.4, -0.2) is 30.6 Å². The molecule has 1 heterocycles. The molecule has 0 aromatic heterocycles. The van der Waals surface area contributed by atoms with Crippen LogP contribution in [0.3, 0.4) is 0 Å². The average molecular weight is 371 g/mol. The minimum Gasteiger partial charge on any atom is -0.490 e. The summed E-state index contributed by atoms with van der Waals surface area (Å²) in [6.07, 6.45) is 1.52. The molecule has 0 aliphatic carbocycles. The van der Waals surface area contributed by atoms with E-state index in [-0.39, 0.29) is 11.7 Å². The van der Waals surface area contributed by atoms with Gasteiger partial charge in [-0.1, -0.05) is 18.2 Å². The third kappa shape index (κ3) is 4.59. The van der Waals surface area contributed by atoms with Gasteiger partial charge in [0.05, 0.1) is 13.2 Å². The molecule has 1 aliphatic heterocycles. The first-order valence-corrected chi connectivity index (χ1v) is 9.55. The van der Waals surface area contributed by atoms with Crippen molar-refractivity contribution in [3.8, 4) is 11.5 Å². The van der Waals surface area contributed by atoms with Crippen LogP contribution in [0.15, 0.2) is 36.4 Å². The summed E-state index contributed by atoms with van der Waals surface area (Å²) in [6, 6.07) is 10.6. The van der Waals surface area contributed by atoms with Gasteiger partial charge in [-0.25, -0.2) is 4.39 Å². The smallest absolute Gasteiger partial charge is 0.223 e. The van der Waals surface area contributed by atoms with Gasteiger partial charge in [-0.3, -0.25) is 4.79 Å². The van der Waals surface area contributed by atoms with Crippen LogP contribution in [0.2, 0.25) is 0 Å². The first-order valence-electron chi connectivity index (χ1n) is 9.55. The summed E-state index contributed by atoms with van der Waals surface area (Å²) in [5.41, 5.74) is 2.87. The van der Waals surface area contributed by atoms with Gasteiger partial charge >= 0.3 is 0 Å². The second kappa shape index (κ2) is 8.89. The number of rotatable bonds is 7. The molecule has 0 fully saturated rings. The molecule has 0 unspecified atom stereocenters. The van der Waals surface area contributed by atoms with E-state index in [1.165, 1.54) is 11.6 Å². The van der Waals surface area contributed by atoms with E-state index in [4.69, 9.17) is 9.47 Å². The van der Waals surface area contributed by atoms with Gasteiger partial charge in [-0.15, -0.1) is 0 Å². The Morgan fingerprint density at radius 1 is 1.07 bits per heavy atom. The molecule has 0 atom stereocenters. The van der Waals surface area contributed by atoms with Gasteiger partial charge < -0.3 is 14.4 Å². The fraction of sp³-hybridized carbons (Fsp3) is 0.409. The summed E-state index contributed by atoms with van der Waals surface area (Å²) < 4.78 is 25.1. The predicted octanol–water partition coefficient (Wildman–Crippen LogP) is 4.14. The number of amides is 1. The van der Waals surface area contributed by atoms with Gasteiger partial charge in [0, 0.05) is 19.5 Å². The lowest BCUT2D eigenvalue weighted by Crippen LogP contribution is -2.36. The van der Waals surface area contributed by atoms with Crippen LogP contribution >= 0.6 is 0 Å². The van der Waals surface area contributed by atoms with E-state index in [1.54, 1.807) is 18.2 Å². The van der Waals surface area contributed by atoms with E-state index >= 15 is 0 Å².